The molecule has 4 atom stereocenters. The van der Waals surface area contributed by atoms with Gasteiger partial charge in [0.25, 0.3) is 5.91 Å². The minimum absolute atomic E-state index is 0.192. The highest BCUT2D eigenvalue weighted by Gasteiger charge is 2.51. The molecule has 2 heterocycles. The molecule has 0 bridgehead atoms. The number of methoxy groups -OCH3 is 1. The van der Waals surface area contributed by atoms with Gasteiger partial charge in [-0.3, -0.25) is 9.78 Å². The number of halogens is 2. The average Bonchev–Trinajstić information content (AvgIpc) is 2.94. The number of nitrogens with one attached hydrogen (secondary N) is 1. The lowest BCUT2D eigenvalue weighted by Crippen LogP contribution is -2.33. The molecule has 1 aromatic carbocycles. The number of aromatic nitrogens is 1. The van der Waals surface area contributed by atoms with Crippen molar-refractivity contribution in [2.75, 3.05) is 12.4 Å². The van der Waals surface area contributed by atoms with Gasteiger partial charge in [0, 0.05) is 11.5 Å². The predicted molar refractivity (Wildman–Crippen MR) is 107 cm³/mol. The molecule has 1 amide bonds. The summed E-state index contributed by atoms with van der Waals surface area (Å²) in [5.74, 6) is -3.53. The van der Waals surface area contributed by atoms with Crippen molar-refractivity contribution in [1.82, 2.24) is 4.98 Å². The first-order chi connectivity index (χ1) is 14.1. The van der Waals surface area contributed by atoms with Gasteiger partial charge in [0.1, 0.15) is 6.10 Å². The molecule has 1 aliphatic rings. The van der Waals surface area contributed by atoms with Crippen molar-refractivity contribution in [1.29, 1.82) is 0 Å². The number of ether oxygens (including phenoxy) is 2. The third-order valence-corrected chi connectivity index (χ3v) is 5.78. The van der Waals surface area contributed by atoms with E-state index in [1.807, 2.05) is 20.8 Å². The molecule has 30 heavy (non-hydrogen) atoms. The van der Waals surface area contributed by atoms with Crippen LogP contribution in [0.1, 0.15) is 51.0 Å². The van der Waals surface area contributed by atoms with Crippen LogP contribution in [0, 0.1) is 17.6 Å². The third-order valence-electron chi connectivity index (χ3n) is 5.78. The maximum Gasteiger partial charge on any atom is 0.254 e. The first kappa shape index (κ1) is 22.1. The van der Waals surface area contributed by atoms with Crippen LogP contribution < -0.4 is 10.1 Å². The standard InChI is InChI=1S/C22H26F2N2O4/c1-11-17(14-7-8-15(23)18(24)19(14)29-5)20(30-22(11,3)4)21(28)26-13-6-9-16(12(2)27)25-10-13/h6-12,17,20,27H,1-5H3,(H,26,28)/t11-,12-,17-,20+/m0/s1. The van der Waals surface area contributed by atoms with Crippen LogP contribution in [0.25, 0.3) is 0 Å². The second kappa shape index (κ2) is 8.28. The Morgan fingerprint density at radius 3 is 2.57 bits per heavy atom. The van der Waals surface area contributed by atoms with E-state index in [1.165, 1.54) is 19.4 Å². The normalized spacial score (nSPS) is 23.8. The van der Waals surface area contributed by atoms with Gasteiger partial charge in [0.15, 0.2) is 11.6 Å². The molecular formula is C22H26F2N2O4. The maximum absolute atomic E-state index is 14.3. The van der Waals surface area contributed by atoms with Crippen LogP contribution in [0.15, 0.2) is 30.5 Å². The second-order valence-electron chi connectivity index (χ2n) is 8.08. The lowest BCUT2D eigenvalue weighted by molar-refractivity contribution is -0.131. The molecule has 0 unspecified atom stereocenters. The summed E-state index contributed by atoms with van der Waals surface area (Å²) in [6, 6.07) is 5.70. The van der Waals surface area contributed by atoms with Crippen LogP contribution in [0.2, 0.25) is 0 Å². The molecular weight excluding hydrogens is 394 g/mol. The summed E-state index contributed by atoms with van der Waals surface area (Å²) in [5.41, 5.74) is 0.597. The van der Waals surface area contributed by atoms with E-state index in [9.17, 15) is 18.7 Å². The van der Waals surface area contributed by atoms with Gasteiger partial charge < -0.3 is 19.9 Å². The lowest BCUT2D eigenvalue weighted by atomic mass is 9.78. The van der Waals surface area contributed by atoms with Crippen LogP contribution in [-0.4, -0.2) is 34.8 Å². The molecule has 2 aromatic rings. The number of carbonyl (C=O) groups is 1. The summed E-state index contributed by atoms with van der Waals surface area (Å²) in [6.45, 7) is 7.19. The van der Waals surface area contributed by atoms with E-state index in [4.69, 9.17) is 9.47 Å². The van der Waals surface area contributed by atoms with E-state index >= 15 is 0 Å². The van der Waals surface area contributed by atoms with Crippen LogP contribution in [0.3, 0.4) is 0 Å². The quantitative estimate of drug-likeness (QED) is 0.765. The topological polar surface area (TPSA) is 80.7 Å². The van der Waals surface area contributed by atoms with E-state index in [0.29, 0.717) is 16.9 Å². The molecule has 1 aromatic heterocycles. The Bertz CT molecular complexity index is 931. The van der Waals surface area contributed by atoms with Gasteiger partial charge in [-0.05, 0) is 44.9 Å². The van der Waals surface area contributed by atoms with Crippen molar-refractivity contribution in [3.63, 3.8) is 0 Å². The molecule has 8 heteroatoms. The van der Waals surface area contributed by atoms with Gasteiger partial charge in [0.2, 0.25) is 5.82 Å². The number of pyridine rings is 1. The summed E-state index contributed by atoms with van der Waals surface area (Å²) in [4.78, 5) is 17.2. The molecule has 3 rings (SSSR count). The fourth-order valence-corrected chi connectivity index (χ4v) is 3.81. The van der Waals surface area contributed by atoms with Gasteiger partial charge in [-0.25, -0.2) is 4.39 Å². The largest absolute Gasteiger partial charge is 0.493 e. The van der Waals surface area contributed by atoms with Crippen LogP contribution >= 0.6 is 0 Å². The Hall–Kier alpha value is -2.58. The van der Waals surface area contributed by atoms with E-state index in [1.54, 1.807) is 19.1 Å². The zero-order chi connectivity index (χ0) is 22.2. The van der Waals surface area contributed by atoms with E-state index in [2.05, 4.69) is 10.3 Å². The van der Waals surface area contributed by atoms with Gasteiger partial charge in [-0.2, -0.15) is 4.39 Å². The first-order valence-corrected chi connectivity index (χ1v) is 9.71. The number of carbonyl (C=O) groups excluding carboxylic acids is 1. The van der Waals surface area contributed by atoms with E-state index in [-0.39, 0.29) is 11.7 Å². The van der Waals surface area contributed by atoms with Crippen LogP contribution in [0.4, 0.5) is 14.5 Å². The third kappa shape index (κ3) is 4.02. The summed E-state index contributed by atoms with van der Waals surface area (Å²) >= 11 is 0. The Labute approximate surface area is 174 Å². The highest BCUT2D eigenvalue weighted by atomic mass is 19.2. The van der Waals surface area contributed by atoms with Crippen molar-refractivity contribution < 1.29 is 28.2 Å². The number of anilines is 1. The van der Waals surface area contributed by atoms with Gasteiger partial charge >= 0.3 is 0 Å². The van der Waals surface area contributed by atoms with Crippen molar-refractivity contribution in [3.8, 4) is 5.75 Å². The Morgan fingerprint density at radius 2 is 2.00 bits per heavy atom. The Balaban J connectivity index is 1.94. The van der Waals surface area contributed by atoms with Gasteiger partial charge in [-0.15, -0.1) is 0 Å². The molecule has 0 radical (unpaired) electrons. The number of aliphatic hydroxyl groups excluding tert-OH is 1. The fraction of sp³-hybridized carbons (Fsp3) is 0.455. The minimum Gasteiger partial charge on any atom is -0.493 e. The van der Waals surface area contributed by atoms with Gasteiger partial charge in [-0.1, -0.05) is 13.0 Å². The number of rotatable bonds is 5. The monoisotopic (exact) mass is 420 g/mol. The Morgan fingerprint density at radius 1 is 1.30 bits per heavy atom. The number of aliphatic hydroxyl groups is 1. The second-order valence-corrected chi connectivity index (χ2v) is 8.08. The molecule has 1 aliphatic heterocycles. The van der Waals surface area contributed by atoms with Crippen molar-refractivity contribution in [2.24, 2.45) is 5.92 Å². The van der Waals surface area contributed by atoms with Crippen molar-refractivity contribution in [3.05, 3.63) is 53.4 Å². The summed E-state index contributed by atoms with van der Waals surface area (Å²) in [6.07, 6.45) is -0.235. The smallest absolute Gasteiger partial charge is 0.254 e. The summed E-state index contributed by atoms with van der Waals surface area (Å²) < 4.78 is 39.2. The molecule has 6 nitrogen and oxygen atoms in total. The fourth-order valence-electron chi connectivity index (χ4n) is 3.81. The molecule has 0 spiro atoms. The molecule has 1 saturated heterocycles. The highest BCUT2D eigenvalue weighted by Crippen LogP contribution is 2.49. The first-order valence-electron chi connectivity index (χ1n) is 9.71. The molecule has 1 fully saturated rings. The average molecular weight is 420 g/mol. The Kier molecular flexibility index (Phi) is 6.10. The van der Waals surface area contributed by atoms with Crippen LogP contribution in [0.5, 0.6) is 5.75 Å². The van der Waals surface area contributed by atoms with Crippen molar-refractivity contribution >= 4 is 11.6 Å². The minimum atomic E-state index is -1.09. The zero-order valence-corrected chi connectivity index (χ0v) is 17.6. The SMILES string of the molecule is COc1c([C@H]2[C@H](C(=O)Nc3ccc([C@H](C)O)nc3)OC(C)(C)[C@H]2C)ccc(F)c1F. The number of amides is 1. The number of hydrogen-bond acceptors (Lipinski definition) is 5. The van der Waals surface area contributed by atoms with E-state index in [0.717, 1.165) is 6.07 Å². The van der Waals surface area contributed by atoms with E-state index < -0.39 is 41.3 Å². The highest BCUT2D eigenvalue weighted by molar-refractivity contribution is 5.95. The predicted octanol–water partition coefficient (Wildman–Crippen LogP) is 3.96. The molecule has 0 aliphatic carbocycles. The number of hydrogen-bond donors (Lipinski definition) is 2. The number of nitrogens with zero attached hydrogens (tertiary/aromatic N) is 1. The summed E-state index contributed by atoms with van der Waals surface area (Å²) in [7, 11) is 1.26. The summed E-state index contributed by atoms with van der Waals surface area (Å²) in [5, 5.41) is 12.3. The molecule has 0 saturated carbocycles. The maximum atomic E-state index is 14.3. The molecule has 2 N–H and O–H groups in total. The number of benzene rings is 1. The van der Waals surface area contributed by atoms with Gasteiger partial charge in [0.05, 0.1) is 36.4 Å². The zero-order valence-electron chi connectivity index (χ0n) is 17.6. The van der Waals surface area contributed by atoms with Crippen LogP contribution in [-0.2, 0) is 9.53 Å². The van der Waals surface area contributed by atoms with Crippen molar-refractivity contribution in [2.45, 2.75) is 51.4 Å². The lowest BCUT2D eigenvalue weighted by Gasteiger charge is -2.25. The molecule has 162 valence electrons.